The average Bonchev–Trinajstić information content (AvgIpc) is 3.25. The Kier molecular flexibility index (Phi) is 6.06. The normalized spacial score (nSPS) is 11.5. The van der Waals surface area contributed by atoms with Crippen LogP contribution in [0.2, 0.25) is 0 Å². The van der Waals surface area contributed by atoms with Gasteiger partial charge in [-0.25, -0.2) is 0 Å². The zero-order valence-electron chi connectivity index (χ0n) is 15.8. The summed E-state index contributed by atoms with van der Waals surface area (Å²) < 4.78 is 5.53. The lowest BCUT2D eigenvalue weighted by Gasteiger charge is -2.29. The number of carbonyl (C=O) groups is 2. The van der Waals surface area contributed by atoms with Crippen molar-refractivity contribution in [2.45, 2.75) is 13.0 Å². The van der Waals surface area contributed by atoms with Crippen molar-refractivity contribution in [2.75, 3.05) is 18.6 Å². The molecule has 144 valence electrons. The third-order valence-corrected chi connectivity index (χ3v) is 4.47. The van der Waals surface area contributed by atoms with Gasteiger partial charge in [-0.1, -0.05) is 30.3 Å². The Morgan fingerprint density at radius 1 is 1.29 bits per heavy atom. The van der Waals surface area contributed by atoms with Gasteiger partial charge in [-0.2, -0.15) is 5.10 Å². The van der Waals surface area contributed by atoms with Gasteiger partial charge in [-0.3, -0.25) is 14.7 Å². The summed E-state index contributed by atoms with van der Waals surface area (Å²) in [7, 11) is 1.58. The van der Waals surface area contributed by atoms with E-state index in [0.29, 0.717) is 18.0 Å². The summed E-state index contributed by atoms with van der Waals surface area (Å²) in [6.45, 7) is 1.75. The van der Waals surface area contributed by atoms with Crippen LogP contribution in [0.25, 0.3) is 11.1 Å². The molecule has 2 amide bonds. The molecule has 0 bridgehead atoms. The van der Waals surface area contributed by atoms with Crippen molar-refractivity contribution in [3.8, 4) is 16.9 Å². The van der Waals surface area contributed by atoms with Crippen LogP contribution in [-0.4, -0.2) is 36.2 Å². The zero-order chi connectivity index (χ0) is 19.9. The Morgan fingerprint density at radius 3 is 2.68 bits per heavy atom. The van der Waals surface area contributed by atoms with E-state index in [0.717, 1.165) is 23.1 Å². The van der Waals surface area contributed by atoms with Crippen LogP contribution in [0.15, 0.2) is 60.9 Å². The number of rotatable bonds is 8. The van der Waals surface area contributed by atoms with E-state index < -0.39 is 0 Å². The van der Waals surface area contributed by atoms with E-state index in [-0.39, 0.29) is 11.9 Å². The molecule has 0 fully saturated rings. The average molecular weight is 378 g/mol. The predicted octanol–water partition coefficient (Wildman–Crippen LogP) is 2.93. The van der Waals surface area contributed by atoms with Crippen LogP contribution in [0, 0.1) is 0 Å². The first-order valence-electron chi connectivity index (χ1n) is 8.84. The minimum absolute atomic E-state index is 0.153. The molecule has 0 saturated heterocycles. The monoisotopic (exact) mass is 378 g/mol. The van der Waals surface area contributed by atoms with Gasteiger partial charge in [-0.05, 0) is 17.7 Å². The van der Waals surface area contributed by atoms with Crippen LogP contribution in [-0.2, 0) is 9.59 Å². The summed E-state index contributed by atoms with van der Waals surface area (Å²) in [6.07, 6.45) is 4.25. The van der Waals surface area contributed by atoms with Crippen molar-refractivity contribution in [2.24, 2.45) is 0 Å². The molecule has 28 heavy (non-hydrogen) atoms. The second-order valence-corrected chi connectivity index (χ2v) is 6.25. The van der Waals surface area contributed by atoms with Gasteiger partial charge in [0.1, 0.15) is 5.75 Å². The fraction of sp³-hybridized carbons (Fsp3) is 0.190. The third-order valence-electron chi connectivity index (χ3n) is 4.47. The molecule has 0 aliphatic rings. The van der Waals surface area contributed by atoms with Crippen LogP contribution in [0.4, 0.5) is 5.69 Å². The first-order valence-corrected chi connectivity index (χ1v) is 8.84. The number of benzene rings is 2. The molecule has 2 aromatic carbocycles. The lowest BCUT2D eigenvalue weighted by Crippen LogP contribution is -2.36. The molecule has 7 heteroatoms. The Bertz CT molecular complexity index is 926. The van der Waals surface area contributed by atoms with Gasteiger partial charge in [0.2, 0.25) is 12.3 Å². The van der Waals surface area contributed by atoms with Crippen LogP contribution >= 0.6 is 0 Å². The number of methoxy groups -OCH3 is 1. The van der Waals surface area contributed by atoms with E-state index in [1.807, 2.05) is 42.5 Å². The molecule has 0 unspecified atom stereocenters. The highest BCUT2D eigenvalue weighted by Gasteiger charge is 2.22. The maximum absolute atomic E-state index is 12.0. The van der Waals surface area contributed by atoms with Crippen LogP contribution < -0.4 is 15.0 Å². The number of aromatic nitrogens is 2. The Morgan fingerprint density at radius 2 is 2.07 bits per heavy atom. The van der Waals surface area contributed by atoms with E-state index >= 15 is 0 Å². The second-order valence-electron chi connectivity index (χ2n) is 6.25. The largest absolute Gasteiger partial charge is 0.496 e. The SMILES string of the molecule is COc1cc(N(C=O)[C@@H](CNC(C)=O)c2ccccc2)ccc1-c1cn[nH]c1. The van der Waals surface area contributed by atoms with Gasteiger partial charge in [0, 0.05) is 42.5 Å². The van der Waals surface area contributed by atoms with Crippen LogP contribution in [0.3, 0.4) is 0 Å². The molecule has 1 atom stereocenters. The van der Waals surface area contributed by atoms with Gasteiger partial charge < -0.3 is 15.0 Å². The summed E-state index contributed by atoms with van der Waals surface area (Å²) in [5.41, 5.74) is 3.34. The molecule has 3 aromatic rings. The fourth-order valence-corrected chi connectivity index (χ4v) is 3.08. The molecule has 1 aromatic heterocycles. The van der Waals surface area contributed by atoms with Crippen molar-refractivity contribution < 1.29 is 14.3 Å². The number of H-pyrrole nitrogens is 1. The molecule has 2 N–H and O–H groups in total. The standard InChI is InChI=1S/C21H22N4O3/c1-15(27)22-13-20(16-6-4-3-5-7-16)25(14-26)18-8-9-19(21(10-18)28-2)17-11-23-24-12-17/h3-12,14,20H,13H2,1-2H3,(H,22,27)(H,23,24)/t20-/m0/s1. The number of hydrogen-bond acceptors (Lipinski definition) is 4. The molecule has 1 heterocycles. The molecule has 3 rings (SSSR count). The number of nitrogens with one attached hydrogen (secondary N) is 2. The maximum atomic E-state index is 12.0. The molecule has 0 radical (unpaired) electrons. The number of hydrogen-bond donors (Lipinski definition) is 2. The van der Waals surface area contributed by atoms with Gasteiger partial charge in [-0.15, -0.1) is 0 Å². The van der Waals surface area contributed by atoms with Crippen molar-refractivity contribution >= 4 is 18.0 Å². The summed E-state index contributed by atoms with van der Waals surface area (Å²) >= 11 is 0. The maximum Gasteiger partial charge on any atom is 0.216 e. The number of carbonyl (C=O) groups excluding carboxylic acids is 2. The highest BCUT2D eigenvalue weighted by Crippen LogP contribution is 2.35. The number of amides is 2. The quantitative estimate of drug-likeness (QED) is 0.590. The molecule has 0 aliphatic heterocycles. The molecule has 0 saturated carbocycles. The number of ether oxygens (including phenoxy) is 1. The first-order chi connectivity index (χ1) is 13.6. The fourth-order valence-electron chi connectivity index (χ4n) is 3.08. The highest BCUT2D eigenvalue weighted by atomic mass is 16.5. The predicted molar refractivity (Wildman–Crippen MR) is 107 cm³/mol. The Balaban J connectivity index is 1.99. The molecule has 7 nitrogen and oxygen atoms in total. The van der Waals surface area contributed by atoms with E-state index in [1.165, 1.54) is 6.92 Å². The molecular weight excluding hydrogens is 356 g/mol. The first kappa shape index (κ1) is 19.2. The topological polar surface area (TPSA) is 87.3 Å². The van der Waals surface area contributed by atoms with Crippen LogP contribution in [0.5, 0.6) is 5.75 Å². The summed E-state index contributed by atoms with van der Waals surface area (Å²) in [6, 6.07) is 14.8. The second kappa shape index (κ2) is 8.85. The molecule has 0 aliphatic carbocycles. The zero-order valence-corrected chi connectivity index (χ0v) is 15.8. The smallest absolute Gasteiger partial charge is 0.216 e. The van der Waals surface area contributed by atoms with Gasteiger partial charge in [0.25, 0.3) is 0 Å². The summed E-state index contributed by atoms with van der Waals surface area (Å²) in [4.78, 5) is 25.1. The minimum Gasteiger partial charge on any atom is -0.496 e. The van der Waals surface area contributed by atoms with Gasteiger partial charge in [0.15, 0.2) is 0 Å². The summed E-state index contributed by atoms with van der Waals surface area (Å²) in [5.74, 6) is 0.469. The van der Waals surface area contributed by atoms with Crippen molar-refractivity contribution in [3.05, 3.63) is 66.5 Å². The van der Waals surface area contributed by atoms with Gasteiger partial charge in [0.05, 0.1) is 19.3 Å². The van der Waals surface area contributed by atoms with Crippen molar-refractivity contribution in [1.82, 2.24) is 15.5 Å². The van der Waals surface area contributed by atoms with Gasteiger partial charge >= 0.3 is 0 Å². The number of nitrogens with zero attached hydrogens (tertiary/aromatic N) is 2. The minimum atomic E-state index is -0.355. The van der Waals surface area contributed by atoms with E-state index in [4.69, 9.17) is 4.74 Å². The Labute approximate surface area is 163 Å². The van der Waals surface area contributed by atoms with Crippen molar-refractivity contribution in [3.63, 3.8) is 0 Å². The number of aromatic amines is 1. The van der Waals surface area contributed by atoms with E-state index in [9.17, 15) is 9.59 Å². The Hall–Kier alpha value is -3.61. The lowest BCUT2D eigenvalue weighted by molar-refractivity contribution is -0.119. The highest BCUT2D eigenvalue weighted by molar-refractivity contribution is 5.81. The van der Waals surface area contributed by atoms with E-state index in [2.05, 4.69) is 15.5 Å². The van der Waals surface area contributed by atoms with Crippen molar-refractivity contribution in [1.29, 1.82) is 0 Å². The molecular formula is C21H22N4O3. The third kappa shape index (κ3) is 4.20. The van der Waals surface area contributed by atoms with Crippen LogP contribution in [0.1, 0.15) is 18.5 Å². The number of anilines is 1. The summed E-state index contributed by atoms with van der Waals surface area (Å²) in [5, 5.41) is 9.56. The van der Waals surface area contributed by atoms with E-state index in [1.54, 1.807) is 30.5 Å². The lowest BCUT2D eigenvalue weighted by atomic mass is 10.0. The molecule has 0 spiro atoms.